The lowest BCUT2D eigenvalue weighted by Crippen LogP contribution is -2.12. The van der Waals surface area contributed by atoms with Gasteiger partial charge in [0.1, 0.15) is 5.82 Å². The van der Waals surface area contributed by atoms with Gasteiger partial charge in [-0.1, -0.05) is 17.7 Å². The molecule has 3 rings (SSSR count). The molecule has 0 aliphatic carbocycles. The third-order valence-electron chi connectivity index (χ3n) is 3.52. The van der Waals surface area contributed by atoms with Crippen LogP contribution in [0.3, 0.4) is 0 Å². The van der Waals surface area contributed by atoms with Gasteiger partial charge in [0.25, 0.3) is 5.91 Å². The van der Waals surface area contributed by atoms with Gasteiger partial charge in [0.05, 0.1) is 11.9 Å². The molecule has 0 fully saturated rings. The number of anilines is 2. The Morgan fingerprint density at radius 2 is 1.92 bits per heavy atom. The van der Waals surface area contributed by atoms with Gasteiger partial charge in [0.2, 0.25) is 0 Å². The van der Waals surface area contributed by atoms with Gasteiger partial charge < -0.3 is 10.6 Å². The first kappa shape index (κ1) is 15.7. The number of aromatic nitrogens is 2. The lowest BCUT2D eigenvalue weighted by atomic mass is 10.1. The highest BCUT2D eigenvalue weighted by Crippen LogP contribution is 2.13. The Balaban J connectivity index is 1.59. The van der Waals surface area contributed by atoms with Crippen molar-refractivity contribution in [2.24, 2.45) is 0 Å². The second kappa shape index (κ2) is 7.37. The van der Waals surface area contributed by atoms with Crippen LogP contribution >= 0.6 is 0 Å². The topological polar surface area (TPSA) is 66.9 Å². The minimum absolute atomic E-state index is 0.141. The first-order valence-corrected chi connectivity index (χ1v) is 7.67. The molecule has 0 spiro atoms. The Bertz CT molecular complexity index is 816. The van der Waals surface area contributed by atoms with E-state index in [0.29, 0.717) is 17.8 Å². The van der Waals surface area contributed by atoms with E-state index in [1.54, 1.807) is 24.7 Å². The number of carbonyl (C=O) groups excluding carboxylic acids is 1. The van der Waals surface area contributed by atoms with Crippen molar-refractivity contribution in [2.75, 3.05) is 10.6 Å². The van der Waals surface area contributed by atoms with Crippen molar-refractivity contribution in [1.29, 1.82) is 0 Å². The molecular weight excluding hydrogens is 300 g/mol. The zero-order valence-corrected chi connectivity index (χ0v) is 13.4. The number of amides is 1. The van der Waals surface area contributed by atoms with Crippen LogP contribution in [0.1, 0.15) is 21.5 Å². The van der Waals surface area contributed by atoms with Crippen molar-refractivity contribution >= 4 is 17.4 Å². The molecule has 1 amide bonds. The van der Waals surface area contributed by atoms with Gasteiger partial charge in [0, 0.05) is 24.5 Å². The lowest BCUT2D eigenvalue weighted by Gasteiger charge is -2.08. The predicted molar refractivity (Wildman–Crippen MR) is 94.9 cm³/mol. The molecule has 5 nitrogen and oxygen atoms in total. The summed E-state index contributed by atoms with van der Waals surface area (Å²) in [6.07, 6.45) is 5.16. The second-order valence-electron chi connectivity index (χ2n) is 5.46. The summed E-state index contributed by atoms with van der Waals surface area (Å²) in [7, 11) is 0. The minimum Gasteiger partial charge on any atom is -0.366 e. The molecule has 2 heterocycles. The summed E-state index contributed by atoms with van der Waals surface area (Å²) in [5.41, 5.74) is 3.48. The highest BCUT2D eigenvalue weighted by Gasteiger charge is 2.06. The summed E-state index contributed by atoms with van der Waals surface area (Å²) in [5, 5.41) is 6.08. The van der Waals surface area contributed by atoms with E-state index in [2.05, 4.69) is 20.6 Å². The average Bonchev–Trinajstić information content (AvgIpc) is 2.62. The van der Waals surface area contributed by atoms with Gasteiger partial charge in [-0.25, -0.2) is 4.98 Å². The number of nitrogens with zero attached hydrogens (tertiary/aromatic N) is 2. The lowest BCUT2D eigenvalue weighted by molar-refractivity contribution is 0.102. The van der Waals surface area contributed by atoms with Gasteiger partial charge in [-0.3, -0.25) is 9.78 Å². The Morgan fingerprint density at radius 3 is 2.62 bits per heavy atom. The van der Waals surface area contributed by atoms with Crippen LogP contribution < -0.4 is 10.6 Å². The monoisotopic (exact) mass is 318 g/mol. The number of hydrogen-bond donors (Lipinski definition) is 2. The van der Waals surface area contributed by atoms with Gasteiger partial charge in [-0.05, 0) is 48.9 Å². The third-order valence-corrected chi connectivity index (χ3v) is 3.52. The molecule has 0 saturated heterocycles. The van der Waals surface area contributed by atoms with Crippen molar-refractivity contribution in [3.63, 3.8) is 0 Å². The zero-order valence-electron chi connectivity index (χ0n) is 13.4. The number of pyridine rings is 2. The quantitative estimate of drug-likeness (QED) is 0.753. The molecule has 0 aliphatic heterocycles. The van der Waals surface area contributed by atoms with Gasteiger partial charge in [-0.15, -0.1) is 0 Å². The molecule has 2 aromatic heterocycles. The average molecular weight is 318 g/mol. The van der Waals surface area contributed by atoms with Crippen LogP contribution in [0.4, 0.5) is 11.5 Å². The maximum atomic E-state index is 12.2. The highest BCUT2D eigenvalue weighted by molar-refractivity contribution is 6.04. The molecule has 24 heavy (non-hydrogen) atoms. The fourth-order valence-electron chi connectivity index (χ4n) is 2.26. The van der Waals surface area contributed by atoms with E-state index >= 15 is 0 Å². The first-order valence-electron chi connectivity index (χ1n) is 7.67. The predicted octanol–water partition coefficient (Wildman–Crippen LogP) is 3.65. The van der Waals surface area contributed by atoms with Crippen LogP contribution in [0, 0.1) is 6.92 Å². The van der Waals surface area contributed by atoms with Crippen LogP contribution in [0.2, 0.25) is 0 Å². The Labute approximate surface area is 140 Å². The fourth-order valence-corrected chi connectivity index (χ4v) is 2.26. The van der Waals surface area contributed by atoms with E-state index in [4.69, 9.17) is 0 Å². The van der Waals surface area contributed by atoms with Crippen molar-refractivity contribution in [3.8, 4) is 0 Å². The normalized spacial score (nSPS) is 10.2. The molecule has 3 aromatic rings. The van der Waals surface area contributed by atoms with Crippen LogP contribution in [0.25, 0.3) is 0 Å². The number of rotatable bonds is 5. The standard InChI is InChI=1S/C19H18N4O/c1-14-3-2-4-16(11-14)19(24)23-17-5-6-18(22-13-17)21-12-15-7-9-20-10-8-15/h2-11,13H,12H2,1H3,(H,21,22)(H,23,24). The zero-order chi connectivity index (χ0) is 16.8. The van der Waals surface area contributed by atoms with Gasteiger partial charge in [0.15, 0.2) is 0 Å². The molecule has 120 valence electrons. The first-order chi connectivity index (χ1) is 11.7. The van der Waals surface area contributed by atoms with Crippen LogP contribution in [-0.2, 0) is 6.54 Å². The largest absolute Gasteiger partial charge is 0.366 e. The second-order valence-corrected chi connectivity index (χ2v) is 5.46. The van der Waals surface area contributed by atoms with E-state index in [0.717, 1.165) is 16.9 Å². The van der Waals surface area contributed by atoms with Crippen molar-refractivity contribution in [2.45, 2.75) is 13.5 Å². The van der Waals surface area contributed by atoms with Crippen molar-refractivity contribution in [1.82, 2.24) is 9.97 Å². The minimum atomic E-state index is -0.141. The summed E-state index contributed by atoms with van der Waals surface area (Å²) in [6, 6.07) is 15.0. The number of nitrogens with one attached hydrogen (secondary N) is 2. The van der Waals surface area contributed by atoms with Gasteiger partial charge in [-0.2, -0.15) is 0 Å². The summed E-state index contributed by atoms with van der Waals surface area (Å²) in [6.45, 7) is 2.63. The number of carbonyl (C=O) groups is 1. The summed E-state index contributed by atoms with van der Waals surface area (Å²) < 4.78 is 0. The van der Waals surface area contributed by atoms with E-state index < -0.39 is 0 Å². The van der Waals surface area contributed by atoms with E-state index in [1.807, 2.05) is 49.4 Å². The Hall–Kier alpha value is -3.21. The number of aryl methyl sites for hydroxylation is 1. The molecule has 1 aromatic carbocycles. The Kier molecular flexibility index (Phi) is 4.81. The van der Waals surface area contributed by atoms with Crippen LogP contribution in [0.5, 0.6) is 0 Å². The van der Waals surface area contributed by atoms with E-state index in [-0.39, 0.29) is 5.91 Å². The summed E-state index contributed by atoms with van der Waals surface area (Å²) >= 11 is 0. The maximum Gasteiger partial charge on any atom is 0.255 e. The molecule has 2 N–H and O–H groups in total. The van der Waals surface area contributed by atoms with Crippen molar-refractivity contribution in [3.05, 3.63) is 83.8 Å². The molecule has 5 heteroatoms. The van der Waals surface area contributed by atoms with Crippen molar-refractivity contribution < 1.29 is 4.79 Å². The smallest absolute Gasteiger partial charge is 0.255 e. The molecular formula is C19H18N4O. The molecule has 0 unspecified atom stereocenters. The van der Waals surface area contributed by atoms with E-state index in [9.17, 15) is 4.79 Å². The van der Waals surface area contributed by atoms with Gasteiger partial charge >= 0.3 is 0 Å². The maximum absolute atomic E-state index is 12.2. The molecule has 0 radical (unpaired) electrons. The molecule has 0 atom stereocenters. The third kappa shape index (κ3) is 4.16. The Morgan fingerprint density at radius 1 is 1.08 bits per heavy atom. The summed E-state index contributed by atoms with van der Waals surface area (Å²) in [5.74, 6) is 0.610. The number of benzene rings is 1. The molecule has 0 saturated carbocycles. The fraction of sp³-hybridized carbons (Fsp3) is 0.105. The van der Waals surface area contributed by atoms with E-state index in [1.165, 1.54) is 0 Å². The van der Waals surface area contributed by atoms with Crippen LogP contribution in [-0.4, -0.2) is 15.9 Å². The SMILES string of the molecule is Cc1cccc(C(=O)Nc2ccc(NCc3ccncc3)nc2)c1. The highest BCUT2D eigenvalue weighted by atomic mass is 16.1. The number of hydrogen-bond acceptors (Lipinski definition) is 4. The summed E-state index contributed by atoms with van der Waals surface area (Å²) in [4.78, 5) is 20.5. The van der Waals surface area contributed by atoms with Crippen LogP contribution in [0.15, 0.2) is 67.1 Å². The molecule has 0 bridgehead atoms. The molecule has 0 aliphatic rings.